The number of oxime groups is 1. The molecule has 1 aliphatic rings. The van der Waals surface area contributed by atoms with Crippen LogP contribution in [0.3, 0.4) is 0 Å². The molecule has 1 saturated heterocycles. The first-order valence-electron chi connectivity index (χ1n) is 6.83. The monoisotopic (exact) mass is 311 g/mol. The van der Waals surface area contributed by atoms with Crippen LogP contribution in [-0.4, -0.2) is 43.1 Å². The lowest BCUT2D eigenvalue weighted by molar-refractivity contribution is 0.314. The van der Waals surface area contributed by atoms with E-state index in [2.05, 4.69) is 10.5 Å². The molecule has 2 rings (SSSR count). The third kappa shape index (κ3) is 3.95. The van der Waals surface area contributed by atoms with E-state index in [1.165, 1.54) is 0 Å². The Balaban J connectivity index is 2.11. The molecule has 0 saturated carbocycles. The lowest BCUT2D eigenvalue weighted by Crippen LogP contribution is -2.46. The number of nitrogens with one attached hydrogen (secondary N) is 1. The number of amidine groups is 1. The Hall–Kier alpha value is -1.60. The van der Waals surface area contributed by atoms with Gasteiger partial charge in [-0.2, -0.15) is 0 Å². The molecular formula is C14H21N3O3S. The minimum absolute atomic E-state index is 0.109. The first kappa shape index (κ1) is 15.8. The van der Waals surface area contributed by atoms with Crippen LogP contribution >= 0.6 is 0 Å². The van der Waals surface area contributed by atoms with E-state index in [0.29, 0.717) is 13.0 Å². The van der Waals surface area contributed by atoms with Crippen molar-refractivity contribution < 1.29 is 13.6 Å². The summed E-state index contributed by atoms with van der Waals surface area (Å²) in [6.07, 6.45) is 0.576. The molecule has 1 aromatic carbocycles. The zero-order chi connectivity index (χ0) is 15.5. The molecule has 2 unspecified atom stereocenters. The lowest BCUT2D eigenvalue weighted by atomic mass is 9.95. The van der Waals surface area contributed by atoms with Crippen molar-refractivity contribution in [1.82, 2.24) is 5.32 Å². The number of nitrogens with zero attached hydrogens (tertiary/aromatic N) is 1. The highest BCUT2D eigenvalue weighted by molar-refractivity contribution is 7.91. The van der Waals surface area contributed by atoms with Gasteiger partial charge < -0.3 is 16.3 Å². The molecule has 6 nitrogen and oxygen atoms in total. The summed E-state index contributed by atoms with van der Waals surface area (Å²) in [5.74, 6) is 0.141. The van der Waals surface area contributed by atoms with E-state index in [4.69, 9.17) is 10.9 Å². The molecule has 0 bridgehead atoms. The molecule has 0 radical (unpaired) electrons. The second kappa shape index (κ2) is 6.03. The van der Waals surface area contributed by atoms with Gasteiger partial charge in [-0.1, -0.05) is 35.5 Å². The average molecular weight is 311 g/mol. The fraction of sp³-hybridized carbons (Fsp3) is 0.500. The van der Waals surface area contributed by atoms with Crippen LogP contribution in [0.25, 0.3) is 0 Å². The summed E-state index contributed by atoms with van der Waals surface area (Å²) >= 11 is 0. The van der Waals surface area contributed by atoms with E-state index in [1.54, 1.807) is 0 Å². The largest absolute Gasteiger partial charge is 0.409 e. The van der Waals surface area contributed by atoms with Crippen LogP contribution in [0, 0.1) is 0 Å². The summed E-state index contributed by atoms with van der Waals surface area (Å²) < 4.78 is 23.2. The van der Waals surface area contributed by atoms with E-state index in [-0.39, 0.29) is 23.3 Å². The van der Waals surface area contributed by atoms with Gasteiger partial charge in [0.25, 0.3) is 0 Å². The van der Waals surface area contributed by atoms with Gasteiger partial charge in [0.1, 0.15) is 5.84 Å². The Morgan fingerprint density at radius 3 is 2.67 bits per heavy atom. The summed E-state index contributed by atoms with van der Waals surface area (Å²) in [6.45, 7) is 2.32. The molecule has 0 spiro atoms. The fourth-order valence-electron chi connectivity index (χ4n) is 2.65. The molecule has 21 heavy (non-hydrogen) atoms. The number of hydrogen-bond donors (Lipinski definition) is 3. The maximum Gasteiger partial charge on any atom is 0.152 e. The number of sulfone groups is 1. The molecule has 2 atom stereocenters. The predicted octanol–water partition coefficient (Wildman–Crippen LogP) is 0.683. The lowest BCUT2D eigenvalue weighted by Gasteiger charge is -2.27. The van der Waals surface area contributed by atoms with E-state index in [9.17, 15) is 8.42 Å². The average Bonchev–Trinajstić information content (AvgIpc) is 2.74. The van der Waals surface area contributed by atoms with E-state index >= 15 is 0 Å². The van der Waals surface area contributed by atoms with Crippen molar-refractivity contribution in [3.05, 3.63) is 35.9 Å². The summed E-state index contributed by atoms with van der Waals surface area (Å²) in [6, 6.07) is 9.46. The molecule has 0 aliphatic carbocycles. The number of rotatable bonds is 5. The number of hydrogen-bond acceptors (Lipinski definition) is 5. The highest BCUT2D eigenvalue weighted by Gasteiger charge is 2.38. The maximum absolute atomic E-state index is 11.6. The summed E-state index contributed by atoms with van der Waals surface area (Å²) in [5, 5.41) is 15.3. The van der Waals surface area contributed by atoms with Gasteiger partial charge in [-0.05, 0) is 18.9 Å². The Labute approximate surface area is 125 Å². The Kier molecular flexibility index (Phi) is 4.53. The van der Waals surface area contributed by atoms with Gasteiger partial charge in [0.05, 0.1) is 17.4 Å². The predicted molar refractivity (Wildman–Crippen MR) is 82.3 cm³/mol. The van der Waals surface area contributed by atoms with Gasteiger partial charge in [0, 0.05) is 12.1 Å². The third-order valence-electron chi connectivity index (χ3n) is 3.91. The van der Waals surface area contributed by atoms with Crippen LogP contribution in [0.4, 0.5) is 0 Å². The summed E-state index contributed by atoms with van der Waals surface area (Å²) in [7, 11) is -2.97. The van der Waals surface area contributed by atoms with Crippen molar-refractivity contribution in [1.29, 1.82) is 0 Å². The van der Waals surface area contributed by atoms with Crippen molar-refractivity contribution in [2.45, 2.75) is 24.8 Å². The van der Waals surface area contributed by atoms with Gasteiger partial charge in [0.15, 0.2) is 9.84 Å². The van der Waals surface area contributed by atoms with E-state index < -0.39 is 15.4 Å². The normalized spacial score (nSPS) is 26.6. The van der Waals surface area contributed by atoms with Gasteiger partial charge in [-0.25, -0.2) is 8.42 Å². The van der Waals surface area contributed by atoms with Crippen molar-refractivity contribution in [2.75, 3.05) is 18.1 Å². The molecule has 1 aromatic rings. The second-order valence-electron chi connectivity index (χ2n) is 5.77. The molecule has 0 aromatic heterocycles. The summed E-state index contributed by atoms with van der Waals surface area (Å²) in [5.41, 5.74) is 6.24. The van der Waals surface area contributed by atoms with Crippen LogP contribution in [0.15, 0.2) is 35.5 Å². The van der Waals surface area contributed by atoms with Gasteiger partial charge >= 0.3 is 0 Å². The Morgan fingerprint density at radius 2 is 2.14 bits per heavy atom. The van der Waals surface area contributed by atoms with Crippen molar-refractivity contribution in [3.63, 3.8) is 0 Å². The molecule has 1 aliphatic heterocycles. The van der Waals surface area contributed by atoms with Gasteiger partial charge in [0.2, 0.25) is 0 Å². The van der Waals surface area contributed by atoms with Crippen molar-refractivity contribution in [2.24, 2.45) is 10.9 Å². The highest BCUT2D eigenvalue weighted by atomic mass is 32.2. The maximum atomic E-state index is 11.6. The Morgan fingerprint density at radius 1 is 1.48 bits per heavy atom. The van der Waals surface area contributed by atoms with Gasteiger partial charge in [-0.15, -0.1) is 0 Å². The van der Waals surface area contributed by atoms with Crippen LogP contribution < -0.4 is 11.1 Å². The van der Waals surface area contributed by atoms with Crippen LogP contribution in [-0.2, 0) is 9.84 Å². The standard InChI is InChI=1S/C14H21N3O3S/c1-14(7-8-21(19,20)10-14)16-9-12(13(15)17-18)11-5-3-2-4-6-11/h2-6,12,16,18H,7-10H2,1H3,(H2,15,17). The Bertz CT molecular complexity index is 616. The SMILES string of the molecule is CC1(NCC(C(N)=NO)c2ccccc2)CCS(=O)(=O)C1. The third-order valence-corrected chi connectivity index (χ3v) is 5.81. The van der Waals surface area contributed by atoms with Crippen LogP contribution in [0.2, 0.25) is 0 Å². The topological polar surface area (TPSA) is 105 Å². The zero-order valence-corrected chi connectivity index (χ0v) is 12.8. The number of benzene rings is 1. The molecule has 1 heterocycles. The van der Waals surface area contributed by atoms with Crippen LogP contribution in [0.5, 0.6) is 0 Å². The van der Waals surface area contributed by atoms with Crippen LogP contribution in [0.1, 0.15) is 24.8 Å². The smallest absolute Gasteiger partial charge is 0.152 e. The molecule has 0 amide bonds. The second-order valence-corrected chi connectivity index (χ2v) is 7.96. The molecular weight excluding hydrogens is 290 g/mol. The van der Waals surface area contributed by atoms with E-state index in [1.807, 2.05) is 37.3 Å². The minimum atomic E-state index is -2.97. The first-order valence-corrected chi connectivity index (χ1v) is 8.65. The first-order chi connectivity index (χ1) is 9.85. The minimum Gasteiger partial charge on any atom is -0.409 e. The van der Waals surface area contributed by atoms with E-state index in [0.717, 1.165) is 5.56 Å². The number of nitrogens with two attached hydrogens (primary N) is 1. The molecule has 1 fully saturated rings. The fourth-order valence-corrected chi connectivity index (χ4v) is 4.77. The highest BCUT2D eigenvalue weighted by Crippen LogP contribution is 2.24. The van der Waals surface area contributed by atoms with Crippen molar-refractivity contribution in [3.8, 4) is 0 Å². The summed E-state index contributed by atoms with van der Waals surface area (Å²) in [4.78, 5) is 0. The molecule has 116 valence electrons. The molecule has 4 N–H and O–H groups in total. The zero-order valence-electron chi connectivity index (χ0n) is 12.0. The van der Waals surface area contributed by atoms with Gasteiger partial charge in [-0.3, -0.25) is 0 Å². The quantitative estimate of drug-likeness (QED) is 0.321. The van der Waals surface area contributed by atoms with Crippen molar-refractivity contribution >= 4 is 15.7 Å². The molecule has 7 heteroatoms.